The predicted molar refractivity (Wildman–Crippen MR) is 78.7 cm³/mol. The quantitative estimate of drug-likeness (QED) is 0.781. The number of hydrogen-bond acceptors (Lipinski definition) is 7. The summed E-state index contributed by atoms with van der Waals surface area (Å²) in [6.07, 6.45) is 2.80. The zero-order valence-electron chi connectivity index (χ0n) is 10.7. The second-order valence-corrected chi connectivity index (χ2v) is 5.94. The van der Waals surface area contributed by atoms with Crippen LogP contribution in [0.4, 0.5) is 10.9 Å². The Bertz CT molecular complexity index is 577. The predicted octanol–water partition coefficient (Wildman–Crippen LogP) is 1.72. The van der Waals surface area contributed by atoms with Gasteiger partial charge in [-0.15, -0.1) is 11.3 Å². The van der Waals surface area contributed by atoms with Crippen molar-refractivity contribution < 1.29 is 4.79 Å². The summed E-state index contributed by atoms with van der Waals surface area (Å²) >= 11 is 2.84. The van der Waals surface area contributed by atoms with Gasteiger partial charge >= 0.3 is 0 Å². The molecule has 102 valence electrons. The smallest absolute Gasteiger partial charge is 0.265 e. The van der Waals surface area contributed by atoms with Gasteiger partial charge in [-0.1, -0.05) is 18.3 Å². The molecule has 2 heterocycles. The monoisotopic (exact) mass is 297 g/mol. The fraction of sp³-hybridized carbons (Fsp3) is 0.364. The van der Waals surface area contributed by atoms with E-state index in [0.29, 0.717) is 16.6 Å². The Labute approximate surface area is 119 Å². The summed E-state index contributed by atoms with van der Waals surface area (Å²) in [6.45, 7) is 2.49. The average molecular weight is 297 g/mol. The number of nitrogens with zero attached hydrogens (tertiary/aromatic N) is 2. The van der Waals surface area contributed by atoms with Gasteiger partial charge in [-0.25, -0.2) is 9.97 Å². The lowest BCUT2D eigenvalue weighted by molar-refractivity contribution is 0.0955. The van der Waals surface area contributed by atoms with Crippen LogP contribution in [0.2, 0.25) is 0 Å². The Kier molecular flexibility index (Phi) is 4.33. The first-order valence-corrected chi connectivity index (χ1v) is 7.43. The van der Waals surface area contributed by atoms with Gasteiger partial charge in [0, 0.05) is 18.1 Å². The van der Waals surface area contributed by atoms with Gasteiger partial charge < -0.3 is 16.4 Å². The minimum atomic E-state index is -0.218. The highest BCUT2D eigenvalue weighted by Gasteiger charge is 2.15. The Morgan fingerprint density at radius 3 is 2.84 bits per heavy atom. The van der Waals surface area contributed by atoms with Gasteiger partial charge in [0.2, 0.25) is 0 Å². The summed E-state index contributed by atoms with van der Waals surface area (Å²) in [5, 5.41) is 7.19. The number of thiazole rings is 2. The molecule has 1 amide bonds. The summed E-state index contributed by atoms with van der Waals surface area (Å²) in [5.41, 5.74) is 5.70. The number of nitrogens with two attached hydrogens (primary N) is 1. The molecule has 2 rings (SSSR count). The minimum Gasteiger partial charge on any atom is -0.382 e. The van der Waals surface area contributed by atoms with Crippen molar-refractivity contribution in [2.75, 3.05) is 18.1 Å². The maximum absolute atomic E-state index is 12.0. The van der Waals surface area contributed by atoms with Gasteiger partial charge in [-0.3, -0.25) is 4.79 Å². The average Bonchev–Trinajstić information content (AvgIpc) is 3.02. The van der Waals surface area contributed by atoms with Crippen molar-refractivity contribution in [3.05, 3.63) is 21.0 Å². The van der Waals surface area contributed by atoms with Crippen molar-refractivity contribution in [3.63, 3.8) is 0 Å². The van der Waals surface area contributed by atoms with Crippen molar-refractivity contribution >= 4 is 39.5 Å². The number of carbonyl (C=O) groups excluding carboxylic acids is 1. The van der Waals surface area contributed by atoms with Crippen molar-refractivity contribution in [2.24, 2.45) is 0 Å². The van der Waals surface area contributed by atoms with Crippen molar-refractivity contribution in [1.82, 2.24) is 15.3 Å². The summed E-state index contributed by atoms with van der Waals surface area (Å²) in [4.78, 5) is 21.9. The Hall–Kier alpha value is -1.67. The standard InChI is InChI=1S/C11H15N5OS2/c1-3-6-4-14-7(18-6)5-15-10(17)8-9(12)16-11(13-2)19-8/h4H,3,5,12H2,1-2H3,(H,13,16)(H,15,17). The molecule has 0 aliphatic rings. The molecule has 19 heavy (non-hydrogen) atoms. The lowest BCUT2D eigenvalue weighted by Crippen LogP contribution is -2.22. The molecule has 0 atom stereocenters. The maximum Gasteiger partial charge on any atom is 0.265 e. The number of nitrogen functional groups attached to an aromatic ring is 1. The first-order chi connectivity index (χ1) is 9.13. The Balaban J connectivity index is 1.98. The number of hydrogen-bond donors (Lipinski definition) is 3. The van der Waals surface area contributed by atoms with E-state index in [1.807, 2.05) is 6.20 Å². The molecule has 0 saturated carbocycles. The van der Waals surface area contributed by atoms with Gasteiger partial charge in [0.1, 0.15) is 15.7 Å². The van der Waals surface area contributed by atoms with Crippen LogP contribution in [0.3, 0.4) is 0 Å². The van der Waals surface area contributed by atoms with Gasteiger partial charge in [-0.05, 0) is 6.42 Å². The van der Waals surface area contributed by atoms with Crippen molar-refractivity contribution in [2.45, 2.75) is 19.9 Å². The highest BCUT2D eigenvalue weighted by molar-refractivity contribution is 7.18. The van der Waals surface area contributed by atoms with Crippen LogP contribution in [-0.4, -0.2) is 22.9 Å². The van der Waals surface area contributed by atoms with Crippen LogP contribution in [0.5, 0.6) is 0 Å². The maximum atomic E-state index is 12.0. The molecular weight excluding hydrogens is 282 g/mol. The van der Waals surface area contributed by atoms with Crippen LogP contribution in [0, 0.1) is 0 Å². The number of aromatic nitrogens is 2. The van der Waals surface area contributed by atoms with E-state index < -0.39 is 0 Å². The Morgan fingerprint density at radius 2 is 2.26 bits per heavy atom. The largest absolute Gasteiger partial charge is 0.382 e. The SMILES string of the molecule is CCc1cnc(CNC(=O)c2sc(NC)nc2N)s1. The molecule has 6 nitrogen and oxygen atoms in total. The molecule has 0 unspecified atom stereocenters. The molecular formula is C11H15N5OS2. The summed E-state index contributed by atoms with van der Waals surface area (Å²) in [5.74, 6) is 0.0324. The first kappa shape index (κ1) is 13.8. The molecule has 0 aromatic carbocycles. The summed E-state index contributed by atoms with van der Waals surface area (Å²) in [6, 6.07) is 0. The number of amides is 1. The fourth-order valence-corrected chi connectivity index (χ4v) is 2.99. The van der Waals surface area contributed by atoms with Crippen LogP contribution in [0.15, 0.2) is 6.20 Å². The number of carbonyl (C=O) groups is 1. The van der Waals surface area contributed by atoms with E-state index in [9.17, 15) is 4.79 Å². The molecule has 0 saturated heterocycles. The molecule has 0 radical (unpaired) electrons. The summed E-state index contributed by atoms with van der Waals surface area (Å²) < 4.78 is 0. The number of nitrogens with one attached hydrogen (secondary N) is 2. The second kappa shape index (κ2) is 5.98. The summed E-state index contributed by atoms with van der Waals surface area (Å²) in [7, 11) is 1.74. The van der Waals surface area contributed by atoms with Crippen LogP contribution >= 0.6 is 22.7 Å². The third kappa shape index (κ3) is 3.21. The van der Waals surface area contributed by atoms with E-state index in [2.05, 4.69) is 27.5 Å². The van der Waals surface area contributed by atoms with E-state index in [1.54, 1.807) is 18.4 Å². The zero-order valence-corrected chi connectivity index (χ0v) is 12.3. The van der Waals surface area contributed by atoms with E-state index in [0.717, 1.165) is 11.4 Å². The van der Waals surface area contributed by atoms with Crippen LogP contribution < -0.4 is 16.4 Å². The number of anilines is 2. The van der Waals surface area contributed by atoms with Gasteiger partial charge in [0.15, 0.2) is 5.13 Å². The van der Waals surface area contributed by atoms with Crippen LogP contribution in [0.25, 0.3) is 0 Å². The van der Waals surface area contributed by atoms with Gasteiger partial charge in [0.25, 0.3) is 5.91 Å². The molecule has 0 aliphatic carbocycles. The van der Waals surface area contributed by atoms with E-state index in [4.69, 9.17) is 5.73 Å². The van der Waals surface area contributed by atoms with Crippen molar-refractivity contribution in [3.8, 4) is 0 Å². The zero-order chi connectivity index (χ0) is 13.8. The van der Waals surface area contributed by atoms with Crippen molar-refractivity contribution in [1.29, 1.82) is 0 Å². The van der Waals surface area contributed by atoms with Crippen LogP contribution in [0.1, 0.15) is 26.5 Å². The number of aryl methyl sites for hydroxylation is 1. The molecule has 0 spiro atoms. The second-order valence-electron chi connectivity index (χ2n) is 3.74. The number of rotatable bonds is 5. The third-order valence-electron chi connectivity index (χ3n) is 2.42. The van der Waals surface area contributed by atoms with Gasteiger partial charge in [-0.2, -0.15) is 0 Å². The first-order valence-electron chi connectivity index (χ1n) is 5.79. The highest BCUT2D eigenvalue weighted by Crippen LogP contribution is 2.24. The molecule has 4 N–H and O–H groups in total. The topological polar surface area (TPSA) is 92.9 Å². The van der Waals surface area contributed by atoms with E-state index in [-0.39, 0.29) is 11.7 Å². The molecule has 0 bridgehead atoms. The molecule has 0 aliphatic heterocycles. The minimum absolute atomic E-state index is 0.218. The van der Waals surface area contributed by atoms with Gasteiger partial charge in [0.05, 0.1) is 6.54 Å². The molecule has 0 fully saturated rings. The van der Waals surface area contributed by atoms with E-state index >= 15 is 0 Å². The van der Waals surface area contributed by atoms with E-state index in [1.165, 1.54) is 16.2 Å². The fourth-order valence-electron chi connectivity index (χ4n) is 1.43. The normalized spacial score (nSPS) is 10.4. The third-order valence-corrected chi connectivity index (χ3v) is 4.65. The molecule has 2 aromatic heterocycles. The lowest BCUT2D eigenvalue weighted by Gasteiger charge is -2.00. The molecule has 2 aromatic rings. The Morgan fingerprint density at radius 1 is 1.47 bits per heavy atom. The highest BCUT2D eigenvalue weighted by atomic mass is 32.1. The molecule has 8 heteroatoms. The lowest BCUT2D eigenvalue weighted by atomic mass is 10.4. The van der Waals surface area contributed by atoms with Crippen LogP contribution in [-0.2, 0) is 13.0 Å².